The van der Waals surface area contributed by atoms with Gasteiger partial charge in [-0.3, -0.25) is 4.90 Å². The molecule has 0 bridgehead atoms. The monoisotopic (exact) mass is 344 g/mol. The molecule has 1 fully saturated rings. The standard InChI is InChI=1S/C15H19BrF2N2/c1-2-3-4-14(20-7-5-19-6-8-20)15-12(17)9-11(16)10-13(15)18/h2,9-10,14,19H,1,3-8H2/t14-/m1/s1. The van der Waals surface area contributed by atoms with Crippen molar-refractivity contribution in [1.29, 1.82) is 0 Å². The molecule has 1 atom stereocenters. The fraction of sp³-hybridized carbons (Fsp3) is 0.467. The highest BCUT2D eigenvalue weighted by Crippen LogP contribution is 2.32. The molecule has 110 valence electrons. The molecule has 0 spiro atoms. The largest absolute Gasteiger partial charge is 0.314 e. The summed E-state index contributed by atoms with van der Waals surface area (Å²) in [6.45, 7) is 7.01. The maximum atomic E-state index is 14.2. The summed E-state index contributed by atoms with van der Waals surface area (Å²) >= 11 is 3.13. The van der Waals surface area contributed by atoms with Crippen molar-refractivity contribution in [3.8, 4) is 0 Å². The summed E-state index contributed by atoms with van der Waals surface area (Å²) in [5.41, 5.74) is 0.178. The van der Waals surface area contributed by atoms with E-state index in [4.69, 9.17) is 0 Å². The van der Waals surface area contributed by atoms with Crippen LogP contribution < -0.4 is 5.32 Å². The lowest BCUT2D eigenvalue weighted by molar-refractivity contribution is 0.159. The molecule has 2 nitrogen and oxygen atoms in total. The van der Waals surface area contributed by atoms with Crippen LogP contribution in [0.3, 0.4) is 0 Å². The zero-order valence-corrected chi connectivity index (χ0v) is 12.9. The highest BCUT2D eigenvalue weighted by Gasteiger charge is 2.27. The molecule has 1 aromatic carbocycles. The van der Waals surface area contributed by atoms with Crippen molar-refractivity contribution in [1.82, 2.24) is 10.2 Å². The fourth-order valence-electron chi connectivity index (χ4n) is 2.65. The third kappa shape index (κ3) is 3.65. The molecule has 20 heavy (non-hydrogen) atoms. The first-order chi connectivity index (χ1) is 9.63. The molecular weight excluding hydrogens is 326 g/mol. The molecule has 1 aliphatic rings. The second kappa shape index (κ2) is 7.29. The van der Waals surface area contributed by atoms with Crippen molar-refractivity contribution in [2.75, 3.05) is 26.2 Å². The minimum Gasteiger partial charge on any atom is -0.314 e. The van der Waals surface area contributed by atoms with Gasteiger partial charge < -0.3 is 5.32 Å². The maximum absolute atomic E-state index is 14.2. The van der Waals surface area contributed by atoms with E-state index < -0.39 is 11.6 Å². The van der Waals surface area contributed by atoms with E-state index >= 15 is 0 Å². The number of halogens is 3. The third-order valence-corrected chi connectivity index (χ3v) is 4.07. The first-order valence-electron chi connectivity index (χ1n) is 6.83. The Morgan fingerprint density at radius 2 is 1.90 bits per heavy atom. The Morgan fingerprint density at radius 1 is 1.30 bits per heavy atom. The van der Waals surface area contributed by atoms with Gasteiger partial charge in [0.25, 0.3) is 0 Å². The first kappa shape index (κ1) is 15.6. The number of benzene rings is 1. The number of hydrogen-bond donors (Lipinski definition) is 1. The Morgan fingerprint density at radius 3 is 2.45 bits per heavy atom. The molecular formula is C15H19BrF2N2. The molecule has 2 rings (SSSR count). The van der Waals surface area contributed by atoms with Gasteiger partial charge in [-0.2, -0.15) is 0 Å². The summed E-state index contributed by atoms with van der Waals surface area (Å²) < 4.78 is 28.8. The lowest BCUT2D eigenvalue weighted by Crippen LogP contribution is -2.45. The van der Waals surface area contributed by atoms with Gasteiger partial charge in [-0.25, -0.2) is 8.78 Å². The van der Waals surface area contributed by atoms with E-state index in [-0.39, 0.29) is 11.6 Å². The van der Waals surface area contributed by atoms with Crippen LogP contribution in [0.2, 0.25) is 0 Å². The lowest BCUT2D eigenvalue weighted by atomic mass is 9.98. The molecule has 1 N–H and O–H groups in total. The van der Waals surface area contributed by atoms with Gasteiger partial charge in [0, 0.05) is 42.3 Å². The summed E-state index contributed by atoms with van der Waals surface area (Å²) in [6, 6.07) is 2.44. The number of nitrogens with one attached hydrogen (secondary N) is 1. The average molecular weight is 345 g/mol. The van der Waals surface area contributed by atoms with Crippen molar-refractivity contribution < 1.29 is 8.78 Å². The molecule has 1 aromatic rings. The second-order valence-corrected chi connectivity index (χ2v) is 5.87. The van der Waals surface area contributed by atoms with E-state index in [1.807, 2.05) is 0 Å². The summed E-state index contributed by atoms with van der Waals surface area (Å²) in [5, 5.41) is 3.26. The average Bonchev–Trinajstić information content (AvgIpc) is 2.42. The van der Waals surface area contributed by atoms with Crippen LogP contribution in [0.15, 0.2) is 29.3 Å². The topological polar surface area (TPSA) is 15.3 Å². The summed E-state index contributed by atoms with van der Waals surface area (Å²) in [6.07, 6.45) is 3.21. The van der Waals surface area contributed by atoms with E-state index in [0.29, 0.717) is 10.9 Å². The highest BCUT2D eigenvalue weighted by atomic mass is 79.9. The first-order valence-corrected chi connectivity index (χ1v) is 7.63. The molecule has 1 saturated heterocycles. The van der Waals surface area contributed by atoms with Gasteiger partial charge in [-0.1, -0.05) is 22.0 Å². The van der Waals surface area contributed by atoms with Crippen molar-refractivity contribution >= 4 is 15.9 Å². The van der Waals surface area contributed by atoms with Crippen LogP contribution in [0.25, 0.3) is 0 Å². The predicted molar refractivity (Wildman–Crippen MR) is 80.7 cm³/mol. The van der Waals surface area contributed by atoms with Crippen molar-refractivity contribution in [3.63, 3.8) is 0 Å². The number of piperazine rings is 1. The summed E-state index contributed by atoms with van der Waals surface area (Å²) in [4.78, 5) is 2.15. The minimum atomic E-state index is -0.482. The van der Waals surface area contributed by atoms with Gasteiger partial charge in [0.05, 0.1) is 0 Å². The van der Waals surface area contributed by atoms with E-state index in [9.17, 15) is 8.78 Å². The second-order valence-electron chi connectivity index (χ2n) is 4.95. The number of nitrogens with zero attached hydrogens (tertiary/aromatic N) is 1. The Kier molecular flexibility index (Phi) is 5.69. The zero-order chi connectivity index (χ0) is 14.5. The normalized spacial score (nSPS) is 17.9. The predicted octanol–water partition coefficient (Wildman–Crippen LogP) is 3.64. The molecule has 5 heteroatoms. The minimum absolute atomic E-state index is 0.178. The fourth-order valence-corrected chi connectivity index (χ4v) is 3.05. The van der Waals surface area contributed by atoms with Gasteiger partial charge in [0.2, 0.25) is 0 Å². The van der Waals surface area contributed by atoms with Gasteiger partial charge >= 0.3 is 0 Å². The van der Waals surface area contributed by atoms with E-state index in [1.165, 1.54) is 12.1 Å². The molecule has 0 amide bonds. The van der Waals surface area contributed by atoms with E-state index in [0.717, 1.165) is 32.6 Å². The zero-order valence-electron chi connectivity index (χ0n) is 11.3. The van der Waals surface area contributed by atoms with Crippen LogP contribution in [0.5, 0.6) is 0 Å². The van der Waals surface area contributed by atoms with Crippen LogP contribution in [-0.2, 0) is 0 Å². The molecule has 1 aliphatic heterocycles. The van der Waals surface area contributed by atoms with Crippen LogP contribution in [0.1, 0.15) is 24.4 Å². The van der Waals surface area contributed by atoms with Crippen LogP contribution in [0, 0.1) is 11.6 Å². The molecule has 0 aliphatic carbocycles. The lowest BCUT2D eigenvalue weighted by Gasteiger charge is -2.35. The highest BCUT2D eigenvalue weighted by molar-refractivity contribution is 9.10. The van der Waals surface area contributed by atoms with Gasteiger partial charge in [-0.15, -0.1) is 6.58 Å². The van der Waals surface area contributed by atoms with Crippen LogP contribution in [-0.4, -0.2) is 31.1 Å². The smallest absolute Gasteiger partial charge is 0.132 e. The summed E-state index contributed by atoms with van der Waals surface area (Å²) in [7, 11) is 0. The molecule has 0 unspecified atom stereocenters. The maximum Gasteiger partial charge on any atom is 0.132 e. The summed E-state index contributed by atoms with van der Waals surface area (Å²) in [5.74, 6) is -0.964. The van der Waals surface area contributed by atoms with Crippen LogP contribution in [0.4, 0.5) is 8.78 Å². The van der Waals surface area contributed by atoms with Gasteiger partial charge in [-0.05, 0) is 25.0 Å². The van der Waals surface area contributed by atoms with Gasteiger partial charge in [0.1, 0.15) is 11.6 Å². The Hall–Kier alpha value is -0.780. The van der Waals surface area contributed by atoms with Crippen molar-refractivity contribution in [2.45, 2.75) is 18.9 Å². The number of rotatable bonds is 5. The van der Waals surface area contributed by atoms with Crippen molar-refractivity contribution in [3.05, 3.63) is 46.5 Å². The molecule has 0 radical (unpaired) electrons. The van der Waals surface area contributed by atoms with Crippen molar-refractivity contribution in [2.24, 2.45) is 0 Å². The van der Waals surface area contributed by atoms with E-state index in [1.54, 1.807) is 6.08 Å². The Labute approximate surface area is 127 Å². The van der Waals surface area contributed by atoms with Gasteiger partial charge in [0.15, 0.2) is 0 Å². The molecule has 1 heterocycles. The third-order valence-electron chi connectivity index (χ3n) is 3.61. The van der Waals surface area contributed by atoms with Crippen LogP contribution >= 0.6 is 15.9 Å². The number of hydrogen-bond acceptors (Lipinski definition) is 2. The quantitative estimate of drug-likeness (QED) is 0.820. The van der Waals surface area contributed by atoms with E-state index in [2.05, 4.69) is 32.7 Å². The Bertz CT molecular complexity index is 450. The number of allylic oxidation sites excluding steroid dienone is 1. The SMILES string of the molecule is C=CCC[C@H](c1c(F)cc(Br)cc1F)N1CCNCC1. The molecule has 0 saturated carbocycles. The Balaban J connectivity index is 2.32. The molecule has 0 aromatic heterocycles.